The van der Waals surface area contributed by atoms with Crippen LogP contribution in [0.1, 0.15) is 0 Å². The predicted molar refractivity (Wildman–Crippen MR) is 32.5 cm³/mol. The predicted octanol–water partition coefficient (Wildman–Crippen LogP) is 1.31. The maximum absolute atomic E-state index is 9.76. The van der Waals surface area contributed by atoms with E-state index < -0.39 is 36.1 Å². The summed E-state index contributed by atoms with van der Waals surface area (Å²) < 4.78 is 27.8. The van der Waals surface area contributed by atoms with Gasteiger partial charge in [-0.25, -0.2) is 0 Å². The zero-order valence-corrected chi connectivity index (χ0v) is 11.4. The second-order valence-corrected chi connectivity index (χ2v) is 7.18. The van der Waals surface area contributed by atoms with E-state index in [1.54, 1.807) is 0 Å². The Hall–Kier alpha value is 2.06. The summed E-state index contributed by atoms with van der Waals surface area (Å²) >= 11 is -5.51. The standard InChI is InChI=1S/4ClH.2Mo.4O/h4*1H;;;;;;. The summed E-state index contributed by atoms with van der Waals surface area (Å²) in [5.74, 6) is 0. The molecule has 1 rings (SSSR count). The van der Waals surface area contributed by atoms with Gasteiger partial charge in [0.1, 0.15) is 0 Å². The topological polar surface area (TPSA) is 52.6 Å². The number of rotatable bonds is 0. The molecule has 1 fully saturated rings. The van der Waals surface area contributed by atoms with E-state index in [1.807, 2.05) is 0 Å². The molecule has 68 valence electrons. The first-order valence-corrected chi connectivity index (χ1v) is 5.92. The Morgan fingerprint density at radius 2 is 0.900 bits per heavy atom. The molecule has 0 saturated carbocycles. The fourth-order valence-electron chi connectivity index (χ4n) is 0.0958. The molecule has 1 aliphatic rings. The van der Waals surface area contributed by atoms with E-state index in [1.165, 1.54) is 0 Å². The molecule has 0 aromatic rings. The summed E-state index contributed by atoms with van der Waals surface area (Å²) in [5.41, 5.74) is 0. The molecule has 0 spiro atoms. The van der Waals surface area contributed by atoms with Gasteiger partial charge in [-0.2, -0.15) is 0 Å². The van der Waals surface area contributed by atoms with Crippen LogP contribution in [0.15, 0.2) is 0 Å². The molecule has 0 aromatic heterocycles. The zero-order valence-electron chi connectivity index (χ0n) is 4.08. The normalized spacial score (nSPS) is 16.0. The molecule has 4 nitrogen and oxygen atoms in total. The van der Waals surface area contributed by atoms with Gasteiger partial charge < -0.3 is 0 Å². The van der Waals surface area contributed by atoms with E-state index in [0.717, 1.165) is 0 Å². The van der Waals surface area contributed by atoms with Crippen molar-refractivity contribution < 1.29 is 47.0 Å². The van der Waals surface area contributed by atoms with Gasteiger partial charge in [0, 0.05) is 0 Å². The van der Waals surface area contributed by atoms with Gasteiger partial charge in [0.05, 0.1) is 0 Å². The number of halogens is 4. The van der Waals surface area contributed by atoms with Crippen molar-refractivity contribution in [2.45, 2.75) is 0 Å². The molecule has 1 saturated heterocycles. The molecular formula is H4Cl4Mo2O4. The Balaban J connectivity index is -0.0000000450. The Kier molecular flexibility index (Phi) is 25.1. The molecule has 0 unspecified atom stereocenters. The van der Waals surface area contributed by atoms with Crippen molar-refractivity contribution in [1.29, 1.82) is 0 Å². The summed E-state index contributed by atoms with van der Waals surface area (Å²) in [6.07, 6.45) is 0. The van der Waals surface area contributed by atoms with Gasteiger partial charge in [-0.15, -0.1) is 49.6 Å². The average molecular weight is 402 g/mol. The van der Waals surface area contributed by atoms with Crippen LogP contribution in [0.4, 0.5) is 0 Å². The Bertz CT molecular complexity index is 91.8. The van der Waals surface area contributed by atoms with Crippen LogP contribution in [0, 0.1) is 0 Å². The molecule has 0 aliphatic carbocycles. The zero-order chi connectivity index (χ0) is 4.57. The second kappa shape index (κ2) is 11.1. The summed E-state index contributed by atoms with van der Waals surface area (Å²) in [5, 5.41) is 0. The Labute approximate surface area is 95.6 Å². The van der Waals surface area contributed by atoms with E-state index in [-0.39, 0.29) is 49.6 Å². The number of hydrogen-bond acceptors (Lipinski definition) is 4. The molecule has 10 heteroatoms. The molecule has 0 N–H and O–H groups in total. The summed E-state index contributed by atoms with van der Waals surface area (Å²) in [4.78, 5) is 0. The van der Waals surface area contributed by atoms with Crippen molar-refractivity contribution in [3.63, 3.8) is 0 Å². The van der Waals surface area contributed by atoms with E-state index in [0.29, 0.717) is 0 Å². The monoisotopic (exact) mass is 404 g/mol. The van der Waals surface area contributed by atoms with E-state index in [2.05, 4.69) is 4.09 Å². The van der Waals surface area contributed by atoms with Crippen molar-refractivity contribution in [1.82, 2.24) is 0 Å². The maximum atomic E-state index is 9.76. The minimum atomic E-state index is -2.75. The van der Waals surface area contributed by atoms with Gasteiger partial charge in [0.25, 0.3) is 0 Å². The fourth-order valence-corrected chi connectivity index (χ4v) is 3.35. The molecule has 1 aliphatic heterocycles. The van der Waals surface area contributed by atoms with E-state index in [4.69, 9.17) is 0 Å². The molecule has 1 heterocycles. The van der Waals surface area contributed by atoms with Crippen LogP contribution in [0.25, 0.3) is 0 Å². The van der Waals surface area contributed by atoms with Crippen molar-refractivity contribution in [2.75, 3.05) is 0 Å². The second-order valence-electron chi connectivity index (χ2n) is 0.544. The van der Waals surface area contributed by atoms with Gasteiger partial charge in [-0.3, -0.25) is 0 Å². The van der Waals surface area contributed by atoms with E-state index in [9.17, 15) is 6.80 Å². The molecule has 0 atom stereocenters. The minimum absolute atomic E-state index is 0. The van der Waals surface area contributed by atoms with Crippen LogP contribution < -0.4 is 0 Å². The first kappa shape index (κ1) is 22.7. The number of hydrogen-bond donors (Lipinski definition) is 0. The molecule has 0 bridgehead atoms. The van der Waals surface area contributed by atoms with E-state index >= 15 is 0 Å². The van der Waals surface area contributed by atoms with Crippen LogP contribution in [0.3, 0.4) is 0 Å². The SMILES string of the molecule is Cl.Cl.Cl.Cl.[O]=[Mo]1[O][Mo](=[O])[O]1. The van der Waals surface area contributed by atoms with Gasteiger partial charge in [0.15, 0.2) is 0 Å². The van der Waals surface area contributed by atoms with Crippen molar-refractivity contribution in [3.05, 3.63) is 0 Å². The summed E-state index contributed by atoms with van der Waals surface area (Å²) in [6, 6.07) is 0. The third-order valence-electron chi connectivity index (χ3n) is 0.222. The van der Waals surface area contributed by atoms with Crippen molar-refractivity contribution in [3.8, 4) is 0 Å². The van der Waals surface area contributed by atoms with Crippen LogP contribution in [-0.2, 0) is 47.0 Å². The Morgan fingerprint density at radius 3 is 0.900 bits per heavy atom. The quantitative estimate of drug-likeness (QED) is 0.574. The van der Waals surface area contributed by atoms with Gasteiger partial charge in [0.2, 0.25) is 0 Å². The van der Waals surface area contributed by atoms with Crippen LogP contribution in [0.5, 0.6) is 0 Å². The average Bonchev–Trinajstić information content (AvgIpc) is 1.33. The first-order valence-electron chi connectivity index (χ1n) is 1.00. The van der Waals surface area contributed by atoms with Crippen molar-refractivity contribution >= 4 is 49.6 Å². The molecule has 0 aromatic carbocycles. The van der Waals surface area contributed by atoms with Crippen LogP contribution >= 0.6 is 49.6 Å². The third-order valence-corrected chi connectivity index (χ3v) is 7.78. The first-order chi connectivity index (χ1) is 2.79. The van der Waals surface area contributed by atoms with Crippen LogP contribution in [-0.4, -0.2) is 0 Å². The summed E-state index contributed by atoms with van der Waals surface area (Å²) in [7, 11) is 0. The van der Waals surface area contributed by atoms with Gasteiger partial charge in [-0.05, 0) is 0 Å². The molecule has 10 heavy (non-hydrogen) atoms. The molecule has 0 radical (unpaired) electrons. The van der Waals surface area contributed by atoms with Gasteiger partial charge in [-0.1, -0.05) is 0 Å². The van der Waals surface area contributed by atoms with Crippen LogP contribution in [0.2, 0.25) is 0 Å². The molecule has 0 amide bonds. The summed E-state index contributed by atoms with van der Waals surface area (Å²) in [6.45, 7) is 0. The van der Waals surface area contributed by atoms with Gasteiger partial charge >= 0.3 is 47.0 Å². The van der Waals surface area contributed by atoms with Crippen molar-refractivity contribution in [2.24, 2.45) is 0 Å². The molecular weight excluding hydrogens is 398 g/mol. The Morgan fingerprint density at radius 1 is 0.700 bits per heavy atom. The third kappa shape index (κ3) is 8.16. The fraction of sp³-hybridized carbons (Fsp3) is 0.